The number of hydrogen-bond acceptors (Lipinski definition) is 6. The molecule has 0 aliphatic carbocycles. The number of nitriles is 1. The van der Waals surface area contributed by atoms with Gasteiger partial charge in [0.1, 0.15) is 17.4 Å². The molecule has 6 nitrogen and oxygen atoms in total. The molecule has 0 bridgehead atoms. The summed E-state index contributed by atoms with van der Waals surface area (Å²) in [6.07, 6.45) is 3.59. The monoisotopic (exact) mass is 314 g/mol. The molecule has 0 unspecified atom stereocenters. The van der Waals surface area contributed by atoms with Crippen LogP contribution in [0.25, 0.3) is 0 Å². The van der Waals surface area contributed by atoms with Crippen LogP contribution in [-0.4, -0.2) is 22.5 Å². The third kappa shape index (κ3) is 4.61. The Morgan fingerprint density at radius 2 is 2.18 bits per heavy atom. The second-order valence-electron chi connectivity index (χ2n) is 4.32. The van der Waals surface area contributed by atoms with E-state index in [0.717, 1.165) is 5.56 Å². The largest absolute Gasteiger partial charge is 0.508 e. The van der Waals surface area contributed by atoms with Gasteiger partial charge in [-0.15, -0.1) is 11.3 Å². The highest BCUT2D eigenvalue weighted by Crippen LogP contribution is 2.11. The first-order chi connectivity index (χ1) is 10.7. The molecule has 0 spiro atoms. The Balaban J connectivity index is 1.83. The Kier molecular flexibility index (Phi) is 5.51. The van der Waals surface area contributed by atoms with Crippen molar-refractivity contribution in [1.29, 1.82) is 5.26 Å². The van der Waals surface area contributed by atoms with Gasteiger partial charge in [0.15, 0.2) is 5.13 Å². The Labute approximate surface area is 131 Å². The summed E-state index contributed by atoms with van der Waals surface area (Å²) in [6, 6.07) is 8.61. The summed E-state index contributed by atoms with van der Waals surface area (Å²) in [5, 5.41) is 26.1. The van der Waals surface area contributed by atoms with Crippen molar-refractivity contribution in [3.8, 4) is 11.8 Å². The van der Waals surface area contributed by atoms with E-state index in [1.165, 1.54) is 17.5 Å². The third-order valence-corrected chi connectivity index (χ3v) is 3.48. The van der Waals surface area contributed by atoms with Crippen LogP contribution in [0.5, 0.6) is 5.75 Å². The molecule has 2 aromatic rings. The molecule has 2 rings (SSSR count). The minimum Gasteiger partial charge on any atom is -0.508 e. The van der Waals surface area contributed by atoms with Crippen LogP contribution < -0.4 is 10.6 Å². The van der Waals surface area contributed by atoms with Gasteiger partial charge in [-0.3, -0.25) is 4.79 Å². The van der Waals surface area contributed by atoms with Crippen molar-refractivity contribution in [1.82, 2.24) is 10.3 Å². The zero-order valence-corrected chi connectivity index (χ0v) is 12.4. The number of amides is 1. The molecule has 0 radical (unpaired) electrons. The van der Waals surface area contributed by atoms with E-state index >= 15 is 0 Å². The summed E-state index contributed by atoms with van der Waals surface area (Å²) < 4.78 is 0. The first-order valence-corrected chi connectivity index (χ1v) is 7.39. The predicted octanol–water partition coefficient (Wildman–Crippen LogP) is 2.03. The van der Waals surface area contributed by atoms with Gasteiger partial charge in [0.25, 0.3) is 5.91 Å². The lowest BCUT2D eigenvalue weighted by atomic mass is 10.1. The standard InChI is InChI=1S/C15H14N4O2S/c16-9-12(10-19-15-18-7-8-22-15)14(21)17-6-5-11-1-3-13(20)4-2-11/h1-4,7-8,10,20H,5-6H2,(H,17,21)(H,18,19)/b12-10-. The third-order valence-electron chi connectivity index (χ3n) is 2.77. The van der Waals surface area contributed by atoms with Crippen LogP contribution in [0.2, 0.25) is 0 Å². The number of phenolic OH excluding ortho intramolecular Hbond substituents is 1. The van der Waals surface area contributed by atoms with Crippen molar-refractivity contribution < 1.29 is 9.90 Å². The van der Waals surface area contributed by atoms with Crippen LogP contribution in [0.3, 0.4) is 0 Å². The highest BCUT2D eigenvalue weighted by molar-refractivity contribution is 7.13. The van der Waals surface area contributed by atoms with Gasteiger partial charge in [-0.25, -0.2) is 4.98 Å². The molecule has 0 aliphatic heterocycles. The number of nitrogens with zero attached hydrogens (tertiary/aromatic N) is 2. The Hall–Kier alpha value is -2.85. The topological polar surface area (TPSA) is 98.0 Å². The van der Waals surface area contributed by atoms with Crippen molar-refractivity contribution >= 4 is 22.4 Å². The van der Waals surface area contributed by atoms with Gasteiger partial charge in [-0.2, -0.15) is 5.26 Å². The van der Waals surface area contributed by atoms with E-state index in [2.05, 4.69) is 15.6 Å². The molecular weight excluding hydrogens is 300 g/mol. The van der Waals surface area contributed by atoms with Crippen molar-refractivity contribution in [2.24, 2.45) is 0 Å². The minimum absolute atomic E-state index is 0.0130. The van der Waals surface area contributed by atoms with Crippen LogP contribution in [0.1, 0.15) is 5.56 Å². The lowest BCUT2D eigenvalue weighted by Gasteiger charge is -2.05. The van der Waals surface area contributed by atoms with Gasteiger partial charge >= 0.3 is 0 Å². The number of thiazole rings is 1. The Morgan fingerprint density at radius 1 is 1.41 bits per heavy atom. The van der Waals surface area contributed by atoms with Crippen LogP contribution in [-0.2, 0) is 11.2 Å². The lowest BCUT2D eigenvalue weighted by molar-refractivity contribution is -0.117. The molecule has 0 fully saturated rings. The van der Waals surface area contributed by atoms with Gasteiger partial charge in [0, 0.05) is 24.3 Å². The highest BCUT2D eigenvalue weighted by Gasteiger charge is 2.08. The predicted molar refractivity (Wildman–Crippen MR) is 84.3 cm³/mol. The molecule has 1 aromatic heterocycles. The van der Waals surface area contributed by atoms with E-state index in [-0.39, 0.29) is 11.3 Å². The van der Waals surface area contributed by atoms with Crippen molar-refractivity contribution in [2.45, 2.75) is 6.42 Å². The van der Waals surface area contributed by atoms with Gasteiger partial charge in [-0.05, 0) is 24.1 Å². The molecule has 0 aliphatic rings. The maximum absolute atomic E-state index is 11.9. The van der Waals surface area contributed by atoms with Gasteiger partial charge in [0.2, 0.25) is 0 Å². The maximum atomic E-state index is 11.9. The fourth-order valence-electron chi connectivity index (χ4n) is 1.66. The SMILES string of the molecule is N#C/C(=C/Nc1nccs1)C(=O)NCCc1ccc(O)cc1. The molecule has 7 heteroatoms. The van der Waals surface area contributed by atoms with Crippen LogP contribution >= 0.6 is 11.3 Å². The van der Waals surface area contributed by atoms with Crippen LogP contribution in [0.15, 0.2) is 47.6 Å². The van der Waals surface area contributed by atoms with Crippen LogP contribution in [0, 0.1) is 11.3 Å². The molecule has 1 heterocycles. The second-order valence-corrected chi connectivity index (χ2v) is 5.22. The number of aromatic hydroxyl groups is 1. The average molecular weight is 314 g/mol. The molecular formula is C15H14N4O2S. The Morgan fingerprint density at radius 3 is 2.82 bits per heavy atom. The van der Waals surface area contributed by atoms with E-state index in [9.17, 15) is 9.90 Å². The first kappa shape index (κ1) is 15.5. The fraction of sp³-hybridized carbons (Fsp3) is 0.133. The molecule has 3 N–H and O–H groups in total. The number of carbonyl (C=O) groups excluding carboxylic acids is 1. The van der Waals surface area contributed by atoms with Gasteiger partial charge in [-0.1, -0.05) is 12.1 Å². The van der Waals surface area contributed by atoms with Crippen molar-refractivity contribution in [3.63, 3.8) is 0 Å². The average Bonchev–Trinajstić information content (AvgIpc) is 3.03. The molecule has 112 valence electrons. The molecule has 1 aromatic carbocycles. The number of rotatable bonds is 6. The number of benzene rings is 1. The Bertz CT molecular complexity index is 687. The number of aromatic nitrogens is 1. The minimum atomic E-state index is -0.440. The molecule has 0 atom stereocenters. The zero-order valence-electron chi connectivity index (χ0n) is 11.6. The smallest absolute Gasteiger partial charge is 0.263 e. The second kappa shape index (κ2) is 7.81. The number of nitrogens with one attached hydrogen (secondary N) is 2. The maximum Gasteiger partial charge on any atom is 0.263 e. The fourth-order valence-corrected chi connectivity index (χ4v) is 2.15. The number of carbonyl (C=O) groups is 1. The highest BCUT2D eigenvalue weighted by atomic mass is 32.1. The lowest BCUT2D eigenvalue weighted by Crippen LogP contribution is -2.27. The van der Waals surface area contributed by atoms with E-state index < -0.39 is 5.91 Å². The van der Waals surface area contributed by atoms with Gasteiger partial charge < -0.3 is 15.7 Å². The van der Waals surface area contributed by atoms with E-state index in [4.69, 9.17) is 5.26 Å². The molecule has 1 amide bonds. The number of phenols is 1. The summed E-state index contributed by atoms with van der Waals surface area (Å²) in [5.41, 5.74) is 0.974. The van der Waals surface area contributed by atoms with Gasteiger partial charge in [0.05, 0.1) is 0 Å². The normalized spacial score (nSPS) is 10.8. The quantitative estimate of drug-likeness (QED) is 0.560. The summed E-state index contributed by atoms with van der Waals surface area (Å²) in [5.74, 6) is -0.235. The molecule has 0 saturated carbocycles. The van der Waals surface area contributed by atoms with Crippen LogP contribution in [0.4, 0.5) is 5.13 Å². The molecule has 22 heavy (non-hydrogen) atoms. The summed E-state index contributed by atoms with van der Waals surface area (Å²) in [7, 11) is 0. The summed E-state index contributed by atoms with van der Waals surface area (Å²) in [4.78, 5) is 15.9. The zero-order chi connectivity index (χ0) is 15.8. The molecule has 0 saturated heterocycles. The summed E-state index contributed by atoms with van der Waals surface area (Å²) >= 11 is 1.38. The summed E-state index contributed by atoms with van der Waals surface area (Å²) in [6.45, 7) is 0.403. The van der Waals surface area contributed by atoms with E-state index in [1.807, 2.05) is 6.07 Å². The van der Waals surface area contributed by atoms with E-state index in [0.29, 0.717) is 18.1 Å². The van der Waals surface area contributed by atoms with E-state index in [1.54, 1.807) is 35.8 Å². The number of hydrogen-bond donors (Lipinski definition) is 3. The van der Waals surface area contributed by atoms with Crippen molar-refractivity contribution in [2.75, 3.05) is 11.9 Å². The van der Waals surface area contributed by atoms with Crippen molar-refractivity contribution in [3.05, 3.63) is 53.2 Å². The number of anilines is 1. The first-order valence-electron chi connectivity index (χ1n) is 6.51.